The maximum atomic E-state index is 14.7. The van der Waals surface area contributed by atoms with Crippen molar-refractivity contribution < 1.29 is 22.6 Å². The number of aromatic nitrogens is 2. The number of nitrogens with zero attached hydrogens (tertiary/aromatic N) is 3. The fourth-order valence-electron chi connectivity index (χ4n) is 3.42. The van der Waals surface area contributed by atoms with Gasteiger partial charge in [0.1, 0.15) is 35.6 Å². The van der Waals surface area contributed by atoms with Gasteiger partial charge in [0.2, 0.25) is 0 Å². The fraction of sp³-hybridized carbons (Fsp3) is 0.125. The Bertz CT molecular complexity index is 1410. The van der Waals surface area contributed by atoms with E-state index in [0.717, 1.165) is 24.3 Å². The summed E-state index contributed by atoms with van der Waals surface area (Å²) in [6.45, 7) is -0.223. The van der Waals surface area contributed by atoms with E-state index in [4.69, 9.17) is 14.9 Å². The monoisotopic (exact) mass is 452 g/mol. The summed E-state index contributed by atoms with van der Waals surface area (Å²) in [5.74, 6) is -1.34. The van der Waals surface area contributed by atoms with Crippen molar-refractivity contribution in [3.8, 4) is 22.6 Å². The van der Waals surface area contributed by atoms with Crippen LogP contribution in [0.15, 0.2) is 65.9 Å². The summed E-state index contributed by atoms with van der Waals surface area (Å²) in [7, 11) is 2.94. The molecule has 33 heavy (non-hydrogen) atoms. The summed E-state index contributed by atoms with van der Waals surface area (Å²) < 4.78 is 54.3. The molecule has 2 aromatic carbocycles. The molecule has 168 valence electrons. The van der Waals surface area contributed by atoms with E-state index in [9.17, 15) is 13.2 Å². The first-order valence-electron chi connectivity index (χ1n) is 9.84. The lowest BCUT2D eigenvalue weighted by molar-refractivity contribution is 0.375. The summed E-state index contributed by atoms with van der Waals surface area (Å²) in [6, 6.07) is 11.0. The number of hydrogen-bond donors (Lipinski definition) is 1. The van der Waals surface area contributed by atoms with Gasteiger partial charge in [-0.3, -0.25) is 20.0 Å². The number of methoxy groups -OCH3 is 1. The number of pyridine rings is 2. The molecule has 1 N–H and O–H groups in total. The molecule has 0 fully saturated rings. The van der Waals surface area contributed by atoms with Gasteiger partial charge in [-0.05, 0) is 42.0 Å². The Morgan fingerprint density at radius 2 is 1.79 bits per heavy atom. The van der Waals surface area contributed by atoms with Crippen molar-refractivity contribution in [2.24, 2.45) is 4.99 Å². The summed E-state index contributed by atoms with van der Waals surface area (Å²) in [5, 5.41) is 9.18. The van der Waals surface area contributed by atoms with Crippen LogP contribution >= 0.6 is 0 Å². The molecule has 0 bridgehead atoms. The molecule has 0 amide bonds. The van der Waals surface area contributed by atoms with Crippen LogP contribution in [-0.2, 0) is 0 Å². The van der Waals surface area contributed by atoms with Gasteiger partial charge in [-0.15, -0.1) is 0 Å². The van der Waals surface area contributed by atoms with Crippen molar-refractivity contribution in [1.29, 1.82) is 5.41 Å². The van der Waals surface area contributed by atoms with Gasteiger partial charge in [-0.25, -0.2) is 13.2 Å². The van der Waals surface area contributed by atoms with Gasteiger partial charge in [-0.1, -0.05) is 0 Å². The van der Waals surface area contributed by atoms with Crippen LogP contribution in [0, 0.1) is 22.9 Å². The van der Waals surface area contributed by atoms with E-state index in [1.807, 2.05) is 0 Å². The Balaban J connectivity index is 1.67. The molecule has 6 nitrogen and oxygen atoms in total. The molecule has 0 radical (unpaired) electrons. The smallest absolute Gasteiger partial charge is 0.169 e. The third-order valence-electron chi connectivity index (χ3n) is 4.96. The van der Waals surface area contributed by atoms with Crippen LogP contribution in [0.1, 0.15) is 0 Å². The second-order valence-electron chi connectivity index (χ2n) is 7.08. The second kappa shape index (κ2) is 9.15. The maximum absolute atomic E-state index is 14.7. The van der Waals surface area contributed by atoms with E-state index in [0.29, 0.717) is 22.4 Å². The zero-order chi connectivity index (χ0) is 23.5. The van der Waals surface area contributed by atoms with Crippen molar-refractivity contribution in [3.05, 3.63) is 83.9 Å². The van der Waals surface area contributed by atoms with Gasteiger partial charge in [0, 0.05) is 42.5 Å². The minimum absolute atomic E-state index is 0.117. The van der Waals surface area contributed by atoms with E-state index in [2.05, 4.69) is 9.98 Å². The van der Waals surface area contributed by atoms with Crippen LogP contribution in [0.3, 0.4) is 0 Å². The summed E-state index contributed by atoms with van der Waals surface area (Å²) in [6.07, 6.45) is 2.96. The Morgan fingerprint density at radius 3 is 2.48 bits per heavy atom. The minimum Gasteiger partial charge on any atom is -0.497 e. The van der Waals surface area contributed by atoms with Crippen molar-refractivity contribution in [2.45, 2.75) is 0 Å². The third-order valence-corrected chi connectivity index (χ3v) is 4.96. The SMILES string of the molecule is C/N=c1/c(F)cc(-c2cc(F)cc(F)c2)cn1C(=N)COc1ccnc2cc(OC)ccc12. The minimum atomic E-state index is -0.791. The molecule has 2 aromatic heterocycles. The van der Waals surface area contributed by atoms with Crippen molar-refractivity contribution in [3.63, 3.8) is 0 Å². The highest BCUT2D eigenvalue weighted by molar-refractivity contribution is 5.87. The highest BCUT2D eigenvalue weighted by Crippen LogP contribution is 2.27. The average Bonchev–Trinajstić information content (AvgIpc) is 2.80. The lowest BCUT2D eigenvalue weighted by Crippen LogP contribution is -2.33. The molecule has 4 rings (SSSR count). The number of hydrogen-bond acceptors (Lipinski definition) is 5. The largest absolute Gasteiger partial charge is 0.497 e. The van der Waals surface area contributed by atoms with Gasteiger partial charge in [0.05, 0.1) is 12.6 Å². The van der Waals surface area contributed by atoms with Crippen molar-refractivity contribution in [2.75, 3.05) is 20.8 Å². The zero-order valence-electron chi connectivity index (χ0n) is 17.8. The predicted molar refractivity (Wildman–Crippen MR) is 118 cm³/mol. The molecule has 0 atom stereocenters. The topological polar surface area (TPSA) is 72.5 Å². The van der Waals surface area contributed by atoms with Crippen LogP contribution < -0.4 is 15.0 Å². The van der Waals surface area contributed by atoms with E-state index < -0.39 is 17.5 Å². The lowest BCUT2D eigenvalue weighted by atomic mass is 10.1. The summed E-state index contributed by atoms with van der Waals surface area (Å²) in [4.78, 5) is 8.19. The van der Waals surface area contributed by atoms with Crippen LogP contribution in [0.5, 0.6) is 11.5 Å². The Kier molecular flexibility index (Phi) is 6.12. The first kappa shape index (κ1) is 22.1. The molecular weight excluding hydrogens is 433 g/mol. The number of ether oxygens (including phenoxy) is 2. The molecule has 9 heteroatoms. The molecule has 0 unspecified atom stereocenters. The number of fused-ring (bicyclic) bond motifs is 1. The van der Waals surface area contributed by atoms with Crippen LogP contribution in [0.25, 0.3) is 22.0 Å². The third kappa shape index (κ3) is 4.57. The van der Waals surface area contributed by atoms with E-state index in [-0.39, 0.29) is 29.1 Å². The second-order valence-corrected chi connectivity index (χ2v) is 7.08. The number of benzene rings is 2. The molecule has 0 saturated carbocycles. The van der Waals surface area contributed by atoms with Crippen LogP contribution in [0.4, 0.5) is 13.2 Å². The maximum Gasteiger partial charge on any atom is 0.169 e. The molecule has 2 heterocycles. The number of nitrogens with one attached hydrogen (secondary N) is 1. The fourth-order valence-corrected chi connectivity index (χ4v) is 3.42. The molecule has 0 saturated heterocycles. The summed E-state index contributed by atoms with van der Waals surface area (Å²) in [5.41, 5.74) is 0.847. The van der Waals surface area contributed by atoms with E-state index >= 15 is 0 Å². The highest BCUT2D eigenvalue weighted by Gasteiger charge is 2.13. The first-order chi connectivity index (χ1) is 15.9. The van der Waals surface area contributed by atoms with Crippen molar-refractivity contribution >= 4 is 16.7 Å². The number of halogens is 3. The lowest BCUT2D eigenvalue weighted by Gasteiger charge is -2.14. The molecule has 0 aliphatic carbocycles. The van der Waals surface area contributed by atoms with Gasteiger partial charge < -0.3 is 9.47 Å². The van der Waals surface area contributed by atoms with Gasteiger partial charge in [-0.2, -0.15) is 0 Å². The standard InChI is InChI=1S/C24H19F3N4O2/c1-29-24-20(27)9-15(14-7-16(25)10-17(26)8-14)12-31(24)23(28)13-33-22-5-6-30-21-11-18(32-2)3-4-19(21)22/h3-12,28H,13H2,1-2H3/b28-23?,29-24-. The Morgan fingerprint density at radius 1 is 1.03 bits per heavy atom. The normalized spacial score (nSPS) is 11.6. The quantitative estimate of drug-likeness (QED) is 0.356. The molecule has 4 aromatic rings. The van der Waals surface area contributed by atoms with Crippen molar-refractivity contribution in [1.82, 2.24) is 9.55 Å². The molecular formula is C24H19F3N4O2. The molecule has 0 aliphatic heterocycles. The molecule has 0 aliphatic rings. The predicted octanol–water partition coefficient (Wildman–Crippen LogP) is 4.56. The molecule has 0 spiro atoms. The van der Waals surface area contributed by atoms with Gasteiger partial charge in [0.25, 0.3) is 0 Å². The Labute approximate surface area is 187 Å². The highest BCUT2D eigenvalue weighted by atomic mass is 19.1. The first-order valence-corrected chi connectivity index (χ1v) is 9.84. The van der Waals surface area contributed by atoms with Crippen LogP contribution in [-0.4, -0.2) is 36.2 Å². The zero-order valence-corrected chi connectivity index (χ0v) is 17.8. The van der Waals surface area contributed by atoms with Gasteiger partial charge >= 0.3 is 0 Å². The number of rotatable bonds is 5. The van der Waals surface area contributed by atoms with E-state index in [1.54, 1.807) is 37.6 Å². The Hall–Kier alpha value is -4.14. The van der Waals surface area contributed by atoms with E-state index in [1.165, 1.54) is 17.8 Å². The van der Waals surface area contributed by atoms with Crippen LogP contribution in [0.2, 0.25) is 0 Å². The average molecular weight is 452 g/mol. The summed E-state index contributed by atoms with van der Waals surface area (Å²) >= 11 is 0. The van der Waals surface area contributed by atoms with Gasteiger partial charge in [0.15, 0.2) is 11.3 Å².